The maximum Gasteiger partial charge on any atom is 0.0757 e. The fourth-order valence-electron chi connectivity index (χ4n) is 1.87. The molecular weight excluding hydrogens is 210 g/mol. The molecule has 1 saturated heterocycles. The molecule has 1 heterocycles. The highest BCUT2D eigenvalue weighted by atomic mass is 32.2. The summed E-state index contributed by atoms with van der Waals surface area (Å²) in [4.78, 5) is 2.34. The van der Waals surface area contributed by atoms with E-state index in [0.29, 0.717) is 0 Å². The monoisotopic (exact) mass is 233 g/mol. The highest BCUT2D eigenvalue weighted by Gasteiger charge is 2.34. The van der Waals surface area contributed by atoms with Gasteiger partial charge in [0.2, 0.25) is 0 Å². The van der Waals surface area contributed by atoms with Crippen molar-refractivity contribution in [3.63, 3.8) is 0 Å². The van der Waals surface area contributed by atoms with Gasteiger partial charge >= 0.3 is 0 Å². The zero-order valence-corrected chi connectivity index (χ0v) is 11.0. The number of β-amino-alcohol motifs (C(OH)–C–C–N with tert-alkyl or cyclic N) is 1. The summed E-state index contributed by atoms with van der Waals surface area (Å²) in [7, 11) is 0. The molecule has 1 aliphatic heterocycles. The fraction of sp³-hybridized carbons (Fsp3) is 1.00. The van der Waals surface area contributed by atoms with E-state index in [1.54, 1.807) is 11.8 Å². The highest BCUT2D eigenvalue weighted by Crippen LogP contribution is 2.22. The first-order chi connectivity index (χ1) is 6.95. The van der Waals surface area contributed by atoms with Crippen LogP contribution in [0, 0.1) is 0 Å². The molecule has 3 nitrogen and oxygen atoms in total. The quantitative estimate of drug-likeness (QED) is 0.791. The number of ether oxygens (including phenoxy) is 1. The molecule has 0 amide bonds. The Kier molecular flexibility index (Phi) is 4.90. The van der Waals surface area contributed by atoms with E-state index in [4.69, 9.17) is 4.74 Å². The van der Waals surface area contributed by atoms with Gasteiger partial charge in [-0.25, -0.2) is 0 Å². The van der Waals surface area contributed by atoms with Crippen LogP contribution >= 0.6 is 11.8 Å². The van der Waals surface area contributed by atoms with Gasteiger partial charge < -0.3 is 9.84 Å². The second-order valence-corrected chi connectivity index (χ2v) is 5.86. The number of aliphatic hydroxyl groups is 1. The average Bonchev–Trinajstić information content (AvgIpc) is 2.12. The van der Waals surface area contributed by atoms with Gasteiger partial charge in [-0.3, -0.25) is 4.90 Å². The summed E-state index contributed by atoms with van der Waals surface area (Å²) in [6, 6.07) is 0. The Morgan fingerprint density at radius 3 is 2.87 bits per heavy atom. The van der Waals surface area contributed by atoms with E-state index in [-0.39, 0.29) is 17.7 Å². The number of thioether (sulfide) groups is 1. The van der Waals surface area contributed by atoms with Gasteiger partial charge in [-0.05, 0) is 27.0 Å². The van der Waals surface area contributed by atoms with Crippen LogP contribution in [0.1, 0.15) is 20.8 Å². The van der Waals surface area contributed by atoms with E-state index in [9.17, 15) is 5.11 Å². The second-order valence-electron chi connectivity index (χ2n) is 4.95. The number of morpholine rings is 1. The van der Waals surface area contributed by atoms with Crippen LogP contribution in [0.25, 0.3) is 0 Å². The Morgan fingerprint density at radius 1 is 1.60 bits per heavy atom. The fourth-order valence-corrected chi connectivity index (χ4v) is 2.36. The van der Waals surface area contributed by atoms with Crippen LogP contribution < -0.4 is 0 Å². The first-order valence-corrected chi connectivity index (χ1v) is 6.89. The van der Waals surface area contributed by atoms with Crippen molar-refractivity contribution in [2.75, 3.05) is 31.7 Å². The number of nitrogens with zero attached hydrogens (tertiary/aromatic N) is 1. The van der Waals surface area contributed by atoms with E-state index >= 15 is 0 Å². The smallest absolute Gasteiger partial charge is 0.0757 e. The Bertz CT molecular complexity index is 199. The number of rotatable bonds is 4. The van der Waals surface area contributed by atoms with Crippen molar-refractivity contribution in [2.24, 2.45) is 0 Å². The lowest BCUT2D eigenvalue weighted by Crippen LogP contribution is -2.57. The van der Waals surface area contributed by atoms with Gasteiger partial charge in [0.1, 0.15) is 0 Å². The van der Waals surface area contributed by atoms with E-state index in [0.717, 1.165) is 25.4 Å². The lowest BCUT2D eigenvalue weighted by Gasteiger charge is -2.45. The van der Waals surface area contributed by atoms with E-state index in [1.165, 1.54) is 0 Å². The van der Waals surface area contributed by atoms with Crippen LogP contribution in [0.5, 0.6) is 0 Å². The maximum absolute atomic E-state index is 9.82. The van der Waals surface area contributed by atoms with Gasteiger partial charge in [-0.15, -0.1) is 0 Å². The summed E-state index contributed by atoms with van der Waals surface area (Å²) in [5.41, 5.74) is 0.0475. The third kappa shape index (κ3) is 3.94. The normalized spacial score (nSPS) is 29.0. The van der Waals surface area contributed by atoms with E-state index in [1.807, 2.05) is 6.26 Å². The summed E-state index contributed by atoms with van der Waals surface area (Å²) in [5.74, 6) is 0.807. The van der Waals surface area contributed by atoms with Crippen molar-refractivity contribution < 1.29 is 9.84 Å². The summed E-state index contributed by atoms with van der Waals surface area (Å²) in [5, 5.41) is 9.82. The third-order valence-corrected chi connectivity index (χ3v) is 3.56. The summed E-state index contributed by atoms with van der Waals surface area (Å²) in [6.07, 6.45) is 2.07. The predicted octanol–water partition coefficient (Wildman–Crippen LogP) is 1.21. The first kappa shape index (κ1) is 13.3. The molecule has 0 bridgehead atoms. The maximum atomic E-state index is 9.82. The van der Waals surface area contributed by atoms with Crippen LogP contribution in [-0.4, -0.2) is 59.5 Å². The van der Waals surface area contributed by atoms with Crippen molar-refractivity contribution in [3.05, 3.63) is 0 Å². The molecule has 0 aromatic rings. The Morgan fingerprint density at radius 2 is 2.27 bits per heavy atom. The summed E-state index contributed by atoms with van der Waals surface area (Å²) < 4.78 is 5.64. The molecule has 0 aromatic heterocycles. The van der Waals surface area contributed by atoms with Crippen molar-refractivity contribution in [3.8, 4) is 0 Å². The highest BCUT2D eigenvalue weighted by molar-refractivity contribution is 7.98. The van der Waals surface area contributed by atoms with Gasteiger partial charge in [0.05, 0.1) is 18.8 Å². The molecule has 1 fully saturated rings. The zero-order chi connectivity index (χ0) is 11.5. The SMILES string of the molecule is CSC[C@@H](O)CN1C[C@@H](C)OCC1(C)C. The van der Waals surface area contributed by atoms with Crippen LogP contribution in [0.4, 0.5) is 0 Å². The molecule has 0 saturated carbocycles. The minimum Gasteiger partial charge on any atom is -0.391 e. The lowest BCUT2D eigenvalue weighted by molar-refractivity contribution is -0.100. The van der Waals surface area contributed by atoms with E-state index in [2.05, 4.69) is 25.7 Å². The Hall–Kier alpha value is 0.230. The van der Waals surface area contributed by atoms with Gasteiger partial charge in [0.15, 0.2) is 0 Å². The standard InChI is InChI=1S/C11H23NO2S/c1-9-5-12(6-10(13)7-15-4)11(2,3)8-14-9/h9-10,13H,5-8H2,1-4H3/t9-,10+/m1/s1. The molecule has 0 radical (unpaired) electrons. The lowest BCUT2D eigenvalue weighted by atomic mass is 10.0. The minimum absolute atomic E-state index is 0.0475. The van der Waals surface area contributed by atoms with Crippen LogP contribution in [0.2, 0.25) is 0 Å². The Labute approximate surface area is 97.2 Å². The summed E-state index contributed by atoms with van der Waals surface area (Å²) >= 11 is 1.69. The molecule has 2 atom stereocenters. The number of hydrogen-bond donors (Lipinski definition) is 1. The molecule has 1 aliphatic rings. The van der Waals surface area contributed by atoms with Crippen LogP contribution in [0.15, 0.2) is 0 Å². The minimum atomic E-state index is -0.232. The predicted molar refractivity (Wildman–Crippen MR) is 65.5 cm³/mol. The Balaban J connectivity index is 2.49. The third-order valence-electron chi connectivity index (χ3n) is 2.84. The molecule has 0 spiro atoms. The van der Waals surface area contributed by atoms with Crippen LogP contribution in [0.3, 0.4) is 0 Å². The molecule has 90 valence electrons. The summed E-state index contributed by atoms with van der Waals surface area (Å²) in [6.45, 7) is 8.85. The van der Waals surface area contributed by atoms with Gasteiger partial charge in [0, 0.05) is 24.4 Å². The topological polar surface area (TPSA) is 32.7 Å². The molecule has 1 N–H and O–H groups in total. The largest absolute Gasteiger partial charge is 0.391 e. The first-order valence-electron chi connectivity index (χ1n) is 5.49. The van der Waals surface area contributed by atoms with E-state index < -0.39 is 0 Å². The number of hydrogen-bond acceptors (Lipinski definition) is 4. The molecule has 15 heavy (non-hydrogen) atoms. The molecule has 4 heteroatoms. The van der Waals surface area contributed by atoms with Crippen LogP contribution in [-0.2, 0) is 4.74 Å². The van der Waals surface area contributed by atoms with Gasteiger partial charge in [0.25, 0.3) is 0 Å². The second kappa shape index (κ2) is 5.53. The van der Waals surface area contributed by atoms with Gasteiger partial charge in [-0.1, -0.05) is 0 Å². The van der Waals surface area contributed by atoms with Gasteiger partial charge in [-0.2, -0.15) is 11.8 Å². The molecule has 1 rings (SSSR count). The van der Waals surface area contributed by atoms with Crippen molar-refractivity contribution >= 4 is 11.8 Å². The number of aliphatic hydroxyl groups excluding tert-OH is 1. The molecule has 0 aromatic carbocycles. The molecular formula is C11H23NO2S. The zero-order valence-electron chi connectivity index (χ0n) is 10.2. The van der Waals surface area contributed by atoms with Crippen molar-refractivity contribution in [2.45, 2.75) is 38.5 Å². The van der Waals surface area contributed by atoms with Crippen molar-refractivity contribution in [1.82, 2.24) is 4.90 Å². The molecule has 0 aliphatic carbocycles. The molecule has 0 unspecified atom stereocenters. The average molecular weight is 233 g/mol. The van der Waals surface area contributed by atoms with Crippen molar-refractivity contribution in [1.29, 1.82) is 0 Å².